The van der Waals surface area contributed by atoms with Gasteiger partial charge < -0.3 is 40.1 Å². The first kappa shape index (κ1) is 50.5. The Labute approximate surface area is 326 Å². The Kier molecular flexibility index (Phi) is 22.0. The number of carbonyl (C=O) groups excluding carboxylic acids is 1. The fourth-order valence-electron chi connectivity index (χ4n) is 6.14. The zero-order valence-corrected chi connectivity index (χ0v) is 33.5. The third-order valence-electron chi connectivity index (χ3n) is 9.31. The van der Waals surface area contributed by atoms with Gasteiger partial charge in [0.2, 0.25) is 18.5 Å². The summed E-state index contributed by atoms with van der Waals surface area (Å²) < 4.78 is 65.7. The summed E-state index contributed by atoms with van der Waals surface area (Å²) in [6.45, 7) is 16.7. The molecule has 17 heteroatoms. The number of H-pyrrole nitrogens is 1. The zero-order chi connectivity index (χ0) is 42.7. The highest BCUT2D eigenvalue weighted by Crippen LogP contribution is 2.35. The number of hydrogen-bond acceptors (Lipinski definition) is 10. The molecule has 4 heterocycles. The topological polar surface area (TPSA) is 177 Å². The van der Waals surface area contributed by atoms with Crippen LogP contribution in [0.2, 0.25) is 0 Å². The van der Waals surface area contributed by atoms with E-state index in [0.29, 0.717) is 37.5 Å². The molecule has 1 aromatic heterocycles. The molecule has 0 aliphatic carbocycles. The van der Waals surface area contributed by atoms with Crippen LogP contribution in [0, 0.1) is 12.3 Å². The van der Waals surface area contributed by atoms with Gasteiger partial charge in [0, 0.05) is 64.2 Å². The maximum atomic E-state index is 11.2. The number of carbonyl (C=O) groups is 2. The minimum Gasteiger partial charge on any atom is -0.477 e. The number of aliphatic hydroxyl groups is 3. The number of hydrogen-bond donors (Lipinski definition) is 6. The van der Waals surface area contributed by atoms with Crippen LogP contribution in [0.3, 0.4) is 0 Å². The van der Waals surface area contributed by atoms with E-state index in [2.05, 4.69) is 71.5 Å². The van der Waals surface area contributed by atoms with Crippen molar-refractivity contribution < 1.29 is 61.4 Å². The van der Waals surface area contributed by atoms with Crippen molar-refractivity contribution in [3.63, 3.8) is 0 Å². The molecule has 1 aromatic carbocycles. The number of aromatic nitrogens is 2. The second kappa shape index (κ2) is 24.3. The Morgan fingerprint density at radius 1 is 1.12 bits per heavy atom. The number of aromatic amines is 1. The standard InChI is InChI=1S/C31H46N4O4.C3H4F2O2.C2HF3O.C2H6.CH4O/c1-21(2)29-27(30(34-33-29)39-28-17-25(37)16-26(18-36)38-28)15-24-8-7-23(14-22(24)3)6-4-5-11-35-12-9-31(10-13-35)19-32-20-31;1-3(4,5)2(6)7;3-2(4,5)1-6;2*1-2/h4,6-8,14,21,25-26,28,32,36-37H,5,9-13,15-20H2,1-3H3,(H,33,34);1H3,(H,6,7);1H;1-2H3;2H,1H3/b6-4+;;;;. The molecule has 6 N–H and O–H groups in total. The lowest BCUT2D eigenvalue weighted by Crippen LogP contribution is -2.58. The minimum atomic E-state index is -4.64. The van der Waals surface area contributed by atoms with Crippen LogP contribution in [0.5, 0.6) is 5.88 Å². The van der Waals surface area contributed by atoms with Crippen molar-refractivity contribution in [2.45, 2.75) is 117 Å². The average molecular weight is 809 g/mol. The second-order valence-corrected chi connectivity index (χ2v) is 14.0. The number of aryl methyl sites for hydroxylation is 1. The summed E-state index contributed by atoms with van der Waals surface area (Å²) in [5.41, 5.74) is 6.36. The Hall–Kier alpha value is -3.48. The van der Waals surface area contributed by atoms with Crippen LogP contribution in [0.4, 0.5) is 22.0 Å². The third-order valence-corrected chi connectivity index (χ3v) is 9.31. The smallest absolute Gasteiger partial charge is 0.446 e. The number of ether oxygens (including phenoxy) is 2. The Bertz CT molecular complexity index is 1470. The van der Waals surface area contributed by atoms with Gasteiger partial charge in [-0.1, -0.05) is 58.0 Å². The normalized spacial score (nSPS) is 20.5. The fraction of sp³-hybridized carbons (Fsp3) is 0.667. The molecule has 56 heavy (non-hydrogen) atoms. The molecule has 3 atom stereocenters. The van der Waals surface area contributed by atoms with Gasteiger partial charge in [-0.25, -0.2) is 4.79 Å². The molecular weight excluding hydrogens is 747 g/mol. The van der Waals surface area contributed by atoms with E-state index in [-0.39, 0.29) is 12.5 Å². The number of alkyl halides is 5. The summed E-state index contributed by atoms with van der Waals surface area (Å²) in [6.07, 6.45) is 2.44. The summed E-state index contributed by atoms with van der Waals surface area (Å²) in [5, 5.41) is 45.3. The lowest BCUT2D eigenvalue weighted by atomic mass is 9.73. The Balaban J connectivity index is 0.000000781. The third kappa shape index (κ3) is 17.3. The molecule has 3 saturated heterocycles. The number of likely N-dealkylation sites (tertiary alicyclic amines) is 1. The molecule has 0 amide bonds. The molecule has 3 aliphatic rings. The van der Waals surface area contributed by atoms with Crippen LogP contribution in [-0.2, 0) is 20.7 Å². The summed E-state index contributed by atoms with van der Waals surface area (Å²) in [4.78, 5) is 20.6. The van der Waals surface area contributed by atoms with E-state index in [4.69, 9.17) is 24.5 Å². The molecule has 0 saturated carbocycles. The molecular formula is C39H61F5N4O8. The van der Waals surface area contributed by atoms with E-state index in [0.717, 1.165) is 31.3 Å². The second-order valence-electron chi connectivity index (χ2n) is 14.0. The van der Waals surface area contributed by atoms with E-state index in [1.54, 1.807) is 0 Å². The summed E-state index contributed by atoms with van der Waals surface area (Å²) in [6, 6.07) is 6.65. The number of halogens is 5. The maximum absolute atomic E-state index is 11.2. The molecule has 320 valence electrons. The Morgan fingerprint density at radius 2 is 1.71 bits per heavy atom. The molecule has 5 rings (SSSR count). The van der Waals surface area contributed by atoms with Crippen LogP contribution >= 0.6 is 0 Å². The number of nitrogens with zero attached hydrogens (tertiary/aromatic N) is 2. The molecule has 0 radical (unpaired) electrons. The van der Waals surface area contributed by atoms with Gasteiger partial charge in [-0.15, -0.1) is 5.10 Å². The van der Waals surface area contributed by atoms with Crippen molar-refractivity contribution >= 4 is 18.3 Å². The van der Waals surface area contributed by atoms with Gasteiger partial charge in [-0.3, -0.25) is 9.89 Å². The first-order chi connectivity index (χ1) is 26.3. The number of carboxylic acids is 1. The molecule has 1 spiro atoms. The van der Waals surface area contributed by atoms with Crippen molar-refractivity contribution in [1.82, 2.24) is 20.4 Å². The van der Waals surface area contributed by atoms with Gasteiger partial charge in [0.25, 0.3) is 0 Å². The van der Waals surface area contributed by atoms with Crippen molar-refractivity contribution in [2.75, 3.05) is 46.4 Å². The van der Waals surface area contributed by atoms with E-state index in [9.17, 15) is 37.0 Å². The van der Waals surface area contributed by atoms with Gasteiger partial charge in [0.15, 0.2) is 0 Å². The van der Waals surface area contributed by atoms with Crippen molar-refractivity contribution in [3.8, 4) is 5.88 Å². The molecule has 3 fully saturated rings. The van der Waals surface area contributed by atoms with Crippen LogP contribution < -0.4 is 10.1 Å². The number of aliphatic hydroxyl groups excluding tert-OH is 3. The van der Waals surface area contributed by atoms with Crippen molar-refractivity contribution in [3.05, 3.63) is 52.2 Å². The minimum absolute atomic E-state index is 0.140. The Morgan fingerprint density at radius 3 is 2.18 bits per heavy atom. The lowest BCUT2D eigenvalue weighted by molar-refractivity contribution is -0.186. The zero-order valence-electron chi connectivity index (χ0n) is 33.5. The van der Waals surface area contributed by atoms with Crippen LogP contribution in [0.15, 0.2) is 24.3 Å². The monoisotopic (exact) mass is 808 g/mol. The number of nitrogens with one attached hydrogen (secondary N) is 2. The highest BCUT2D eigenvalue weighted by molar-refractivity contribution is 5.74. The van der Waals surface area contributed by atoms with Crippen LogP contribution in [0.25, 0.3) is 6.08 Å². The molecule has 3 aliphatic heterocycles. The van der Waals surface area contributed by atoms with Crippen molar-refractivity contribution in [1.29, 1.82) is 0 Å². The highest BCUT2D eigenvalue weighted by Gasteiger charge is 2.39. The quantitative estimate of drug-likeness (QED) is 0.118. The van der Waals surface area contributed by atoms with Gasteiger partial charge >= 0.3 is 18.1 Å². The van der Waals surface area contributed by atoms with E-state index >= 15 is 0 Å². The first-order valence-electron chi connectivity index (χ1n) is 18.8. The van der Waals surface area contributed by atoms with E-state index in [1.165, 1.54) is 55.7 Å². The van der Waals surface area contributed by atoms with Gasteiger partial charge in [-0.05, 0) is 67.3 Å². The predicted octanol–water partition coefficient (Wildman–Crippen LogP) is 5.87. The SMILES string of the molecule is CC.CC(F)(F)C(=O)O.CO.Cc1cc(/C=C/CCN2CCC3(CC2)CNC3)ccc1Cc1c(OC2CC(O)CC(CO)O2)n[nH]c1C(C)C.O=CC(F)(F)F. The highest BCUT2D eigenvalue weighted by atomic mass is 19.4. The van der Waals surface area contributed by atoms with E-state index in [1.807, 2.05) is 13.8 Å². The summed E-state index contributed by atoms with van der Waals surface area (Å²) in [5.74, 6) is -4.91. The van der Waals surface area contributed by atoms with E-state index < -0.39 is 42.9 Å². The maximum Gasteiger partial charge on any atom is 0.446 e. The number of piperidine rings is 1. The first-order valence-corrected chi connectivity index (χ1v) is 18.8. The lowest BCUT2D eigenvalue weighted by Gasteiger charge is -2.48. The van der Waals surface area contributed by atoms with Gasteiger partial charge in [0.1, 0.15) is 0 Å². The molecule has 2 aromatic rings. The largest absolute Gasteiger partial charge is 0.477 e. The average Bonchev–Trinajstić information content (AvgIpc) is 3.53. The summed E-state index contributed by atoms with van der Waals surface area (Å²) >= 11 is 0. The van der Waals surface area contributed by atoms with Crippen molar-refractivity contribution in [2.24, 2.45) is 5.41 Å². The molecule has 12 nitrogen and oxygen atoms in total. The van der Waals surface area contributed by atoms with Gasteiger partial charge in [-0.2, -0.15) is 22.0 Å². The molecule has 3 unspecified atom stereocenters. The van der Waals surface area contributed by atoms with Crippen LogP contribution in [-0.4, -0.2) is 125 Å². The number of carboxylic acid groups (broad SMARTS) is 1. The van der Waals surface area contributed by atoms with Crippen LogP contribution in [0.1, 0.15) is 101 Å². The number of aldehydes is 1. The fourth-order valence-corrected chi connectivity index (χ4v) is 6.14. The number of benzene rings is 1. The predicted molar refractivity (Wildman–Crippen MR) is 203 cm³/mol. The number of aliphatic carboxylic acids is 1. The van der Waals surface area contributed by atoms with Gasteiger partial charge in [0.05, 0.1) is 18.8 Å². The summed E-state index contributed by atoms with van der Waals surface area (Å²) in [7, 11) is 1.00. The number of rotatable bonds is 11. The molecule has 0 bridgehead atoms.